The minimum absolute atomic E-state index is 0.0292. The van der Waals surface area contributed by atoms with E-state index in [0.717, 1.165) is 4.47 Å². The van der Waals surface area contributed by atoms with E-state index in [4.69, 9.17) is 9.47 Å². The zero-order valence-electron chi connectivity index (χ0n) is 11.4. The standard InChI is InChI=1S/C13H15BrN4O2/c1-8(2)19-12-16-11(15-3)17-13(18-12)20-10-7-5-4-6-9(10)14/h4-8H,1-3H3,(H,15,16,17,18). The van der Waals surface area contributed by atoms with Gasteiger partial charge in [0, 0.05) is 7.05 Å². The highest BCUT2D eigenvalue weighted by molar-refractivity contribution is 9.10. The minimum atomic E-state index is -0.0292. The van der Waals surface area contributed by atoms with Gasteiger partial charge in [-0.15, -0.1) is 4.98 Å². The molecular formula is C13H15BrN4O2. The van der Waals surface area contributed by atoms with E-state index >= 15 is 0 Å². The Morgan fingerprint density at radius 2 is 1.80 bits per heavy atom. The van der Waals surface area contributed by atoms with Crippen molar-refractivity contribution in [1.29, 1.82) is 0 Å². The molecule has 0 fully saturated rings. The Morgan fingerprint density at radius 3 is 2.45 bits per heavy atom. The van der Waals surface area contributed by atoms with Crippen molar-refractivity contribution >= 4 is 21.9 Å². The number of rotatable bonds is 5. The van der Waals surface area contributed by atoms with E-state index < -0.39 is 0 Å². The molecule has 2 aromatic rings. The van der Waals surface area contributed by atoms with Gasteiger partial charge >= 0.3 is 12.0 Å². The number of ether oxygens (including phenoxy) is 2. The second kappa shape index (κ2) is 6.51. The average molecular weight is 339 g/mol. The lowest BCUT2D eigenvalue weighted by atomic mass is 10.3. The molecule has 106 valence electrons. The Morgan fingerprint density at radius 1 is 1.10 bits per heavy atom. The number of hydrogen-bond acceptors (Lipinski definition) is 6. The van der Waals surface area contributed by atoms with E-state index in [0.29, 0.717) is 11.7 Å². The summed E-state index contributed by atoms with van der Waals surface area (Å²) in [5.74, 6) is 1.01. The molecule has 1 heterocycles. The highest BCUT2D eigenvalue weighted by Gasteiger charge is 2.11. The fraction of sp³-hybridized carbons (Fsp3) is 0.308. The zero-order valence-corrected chi connectivity index (χ0v) is 13.0. The summed E-state index contributed by atoms with van der Waals surface area (Å²) in [5, 5.41) is 2.85. The molecule has 0 aliphatic rings. The number of nitrogens with one attached hydrogen (secondary N) is 1. The molecule has 0 bridgehead atoms. The highest BCUT2D eigenvalue weighted by atomic mass is 79.9. The van der Waals surface area contributed by atoms with Crippen molar-refractivity contribution in [2.75, 3.05) is 12.4 Å². The first kappa shape index (κ1) is 14.5. The van der Waals surface area contributed by atoms with Crippen LogP contribution in [0.5, 0.6) is 17.8 Å². The third-order valence-corrected chi connectivity index (χ3v) is 2.85. The van der Waals surface area contributed by atoms with Crippen LogP contribution in [0.25, 0.3) is 0 Å². The Balaban J connectivity index is 2.29. The molecule has 0 saturated carbocycles. The lowest BCUT2D eigenvalue weighted by Gasteiger charge is -2.11. The summed E-state index contributed by atoms with van der Waals surface area (Å²) in [5.41, 5.74) is 0. The number of aromatic nitrogens is 3. The molecule has 6 nitrogen and oxygen atoms in total. The predicted molar refractivity (Wildman–Crippen MR) is 79.4 cm³/mol. The summed E-state index contributed by atoms with van der Waals surface area (Å²) < 4.78 is 11.9. The summed E-state index contributed by atoms with van der Waals surface area (Å²) in [6.07, 6.45) is -0.0292. The van der Waals surface area contributed by atoms with Crippen LogP contribution in [0.1, 0.15) is 13.8 Å². The van der Waals surface area contributed by atoms with Crippen molar-refractivity contribution in [3.05, 3.63) is 28.7 Å². The third-order valence-electron chi connectivity index (χ3n) is 2.20. The van der Waals surface area contributed by atoms with Gasteiger partial charge in [0.05, 0.1) is 10.6 Å². The van der Waals surface area contributed by atoms with Gasteiger partial charge in [-0.05, 0) is 41.9 Å². The maximum Gasteiger partial charge on any atom is 0.330 e. The summed E-state index contributed by atoms with van der Waals surface area (Å²) >= 11 is 3.41. The van der Waals surface area contributed by atoms with Gasteiger partial charge < -0.3 is 14.8 Å². The first-order valence-corrected chi connectivity index (χ1v) is 6.90. The molecule has 2 rings (SSSR count). The van der Waals surface area contributed by atoms with Gasteiger partial charge in [-0.2, -0.15) is 9.97 Å². The molecule has 1 N–H and O–H groups in total. The SMILES string of the molecule is CNc1nc(Oc2ccccc2Br)nc(OC(C)C)n1. The number of benzene rings is 1. The maximum atomic E-state index is 5.64. The van der Waals surface area contributed by atoms with Gasteiger partial charge in [-0.1, -0.05) is 12.1 Å². The monoisotopic (exact) mass is 338 g/mol. The van der Waals surface area contributed by atoms with Crippen LogP contribution in [-0.2, 0) is 0 Å². The summed E-state index contributed by atoms with van der Waals surface area (Å²) in [6.45, 7) is 3.80. The van der Waals surface area contributed by atoms with E-state index in [-0.39, 0.29) is 18.1 Å². The number of anilines is 1. The molecular weight excluding hydrogens is 324 g/mol. The number of hydrogen-bond donors (Lipinski definition) is 1. The van der Waals surface area contributed by atoms with Gasteiger partial charge in [0.2, 0.25) is 5.95 Å². The molecule has 1 aromatic heterocycles. The topological polar surface area (TPSA) is 69.2 Å². The largest absolute Gasteiger partial charge is 0.461 e. The molecule has 0 aliphatic carbocycles. The fourth-order valence-corrected chi connectivity index (χ4v) is 1.75. The van der Waals surface area contributed by atoms with Crippen LogP contribution in [0, 0.1) is 0 Å². The molecule has 0 unspecified atom stereocenters. The van der Waals surface area contributed by atoms with Gasteiger partial charge in [0.25, 0.3) is 0 Å². The highest BCUT2D eigenvalue weighted by Crippen LogP contribution is 2.28. The molecule has 0 amide bonds. The fourth-order valence-electron chi connectivity index (χ4n) is 1.38. The van der Waals surface area contributed by atoms with Gasteiger partial charge in [0.15, 0.2) is 0 Å². The molecule has 0 radical (unpaired) electrons. The lowest BCUT2D eigenvalue weighted by Crippen LogP contribution is -2.11. The molecule has 20 heavy (non-hydrogen) atoms. The lowest BCUT2D eigenvalue weighted by molar-refractivity contribution is 0.218. The van der Waals surface area contributed by atoms with Crippen LogP contribution in [0.3, 0.4) is 0 Å². The first-order valence-electron chi connectivity index (χ1n) is 6.11. The van der Waals surface area contributed by atoms with Crippen LogP contribution in [0.4, 0.5) is 5.95 Å². The van der Waals surface area contributed by atoms with E-state index in [1.54, 1.807) is 7.05 Å². The molecule has 0 aliphatic heterocycles. The van der Waals surface area contributed by atoms with Crippen molar-refractivity contribution in [2.24, 2.45) is 0 Å². The van der Waals surface area contributed by atoms with Crippen LogP contribution in [0.2, 0.25) is 0 Å². The van der Waals surface area contributed by atoms with Crippen molar-refractivity contribution in [3.8, 4) is 17.8 Å². The Kier molecular flexibility index (Phi) is 4.73. The number of para-hydroxylation sites is 1. The minimum Gasteiger partial charge on any atom is -0.461 e. The van der Waals surface area contributed by atoms with Gasteiger partial charge in [0.1, 0.15) is 5.75 Å². The van der Waals surface area contributed by atoms with Crippen LogP contribution in [-0.4, -0.2) is 28.1 Å². The Hall–Kier alpha value is -1.89. The smallest absolute Gasteiger partial charge is 0.330 e. The zero-order chi connectivity index (χ0) is 14.5. The maximum absolute atomic E-state index is 5.64. The quantitative estimate of drug-likeness (QED) is 0.902. The van der Waals surface area contributed by atoms with Crippen molar-refractivity contribution in [3.63, 3.8) is 0 Å². The van der Waals surface area contributed by atoms with Crippen LogP contribution < -0.4 is 14.8 Å². The van der Waals surface area contributed by atoms with Crippen molar-refractivity contribution in [1.82, 2.24) is 15.0 Å². The van der Waals surface area contributed by atoms with Crippen LogP contribution in [0.15, 0.2) is 28.7 Å². The predicted octanol–water partition coefficient (Wildman–Crippen LogP) is 3.26. The van der Waals surface area contributed by atoms with E-state index in [1.165, 1.54) is 0 Å². The van der Waals surface area contributed by atoms with Crippen LogP contribution >= 0.6 is 15.9 Å². The second-order valence-electron chi connectivity index (χ2n) is 4.17. The summed E-state index contributed by atoms with van der Waals surface area (Å²) in [6, 6.07) is 7.85. The summed E-state index contributed by atoms with van der Waals surface area (Å²) in [7, 11) is 1.72. The van der Waals surface area contributed by atoms with Crippen molar-refractivity contribution < 1.29 is 9.47 Å². The average Bonchev–Trinajstić information content (AvgIpc) is 2.40. The molecule has 0 spiro atoms. The van der Waals surface area contributed by atoms with E-state index in [9.17, 15) is 0 Å². The normalized spacial score (nSPS) is 10.4. The second-order valence-corrected chi connectivity index (χ2v) is 5.03. The number of halogens is 1. The van der Waals surface area contributed by atoms with Gasteiger partial charge in [-0.25, -0.2) is 0 Å². The van der Waals surface area contributed by atoms with E-state index in [2.05, 4.69) is 36.2 Å². The molecule has 7 heteroatoms. The first-order chi connectivity index (χ1) is 9.58. The Labute approximate surface area is 125 Å². The molecule has 1 aromatic carbocycles. The van der Waals surface area contributed by atoms with E-state index in [1.807, 2.05) is 38.1 Å². The molecule has 0 saturated heterocycles. The number of nitrogens with zero attached hydrogens (tertiary/aromatic N) is 3. The molecule has 0 atom stereocenters. The Bertz CT molecular complexity index is 592. The van der Waals surface area contributed by atoms with Gasteiger partial charge in [-0.3, -0.25) is 0 Å². The third kappa shape index (κ3) is 3.80. The van der Waals surface area contributed by atoms with Crippen molar-refractivity contribution in [2.45, 2.75) is 20.0 Å². The summed E-state index contributed by atoms with van der Waals surface area (Å²) in [4.78, 5) is 12.4.